The first-order valence-electron chi connectivity index (χ1n) is 6.28. The standard InChI is InChI=1S/C14H20O3/c1-17-13(16)9-11-5-4-8-14(10-15)7-3-2-6-12(11)14/h2,6,9,12,15H,3-5,7-8,10H2,1H3/b11-9+/t12-,14+/m0/s1. The minimum atomic E-state index is -0.285. The zero-order valence-corrected chi connectivity index (χ0v) is 10.3. The lowest BCUT2D eigenvalue weighted by molar-refractivity contribution is -0.135. The number of hydrogen-bond donors (Lipinski definition) is 1. The molecule has 1 N–H and O–H groups in total. The monoisotopic (exact) mass is 236 g/mol. The Morgan fingerprint density at radius 1 is 1.65 bits per heavy atom. The highest BCUT2D eigenvalue weighted by Crippen LogP contribution is 2.49. The normalized spacial score (nSPS) is 34.5. The van der Waals surface area contributed by atoms with E-state index in [1.165, 1.54) is 7.11 Å². The molecule has 3 nitrogen and oxygen atoms in total. The van der Waals surface area contributed by atoms with Gasteiger partial charge < -0.3 is 9.84 Å². The van der Waals surface area contributed by atoms with Crippen molar-refractivity contribution in [1.29, 1.82) is 0 Å². The van der Waals surface area contributed by atoms with Gasteiger partial charge in [0.05, 0.1) is 7.11 Å². The maximum Gasteiger partial charge on any atom is 0.330 e. The molecule has 1 saturated carbocycles. The van der Waals surface area contributed by atoms with Crippen LogP contribution in [-0.4, -0.2) is 24.8 Å². The van der Waals surface area contributed by atoms with Crippen LogP contribution in [0.4, 0.5) is 0 Å². The largest absolute Gasteiger partial charge is 0.466 e. The highest BCUT2D eigenvalue weighted by Gasteiger charge is 2.42. The first-order valence-corrected chi connectivity index (χ1v) is 6.28. The second-order valence-corrected chi connectivity index (χ2v) is 5.06. The van der Waals surface area contributed by atoms with Gasteiger partial charge in [-0.05, 0) is 32.1 Å². The van der Waals surface area contributed by atoms with Crippen LogP contribution in [0.2, 0.25) is 0 Å². The van der Waals surface area contributed by atoms with E-state index in [4.69, 9.17) is 4.74 Å². The first kappa shape index (κ1) is 12.4. The predicted molar refractivity (Wildman–Crippen MR) is 65.3 cm³/mol. The summed E-state index contributed by atoms with van der Waals surface area (Å²) in [4.78, 5) is 11.4. The SMILES string of the molecule is COC(=O)/C=C1\CCC[C@@]2(CO)CCC=C[C@@H]12. The lowest BCUT2D eigenvalue weighted by atomic mass is 9.60. The van der Waals surface area contributed by atoms with Crippen molar-refractivity contribution in [2.75, 3.05) is 13.7 Å². The molecule has 0 amide bonds. The Morgan fingerprint density at radius 2 is 2.47 bits per heavy atom. The molecule has 2 aliphatic rings. The van der Waals surface area contributed by atoms with Gasteiger partial charge in [-0.2, -0.15) is 0 Å². The average molecular weight is 236 g/mol. The van der Waals surface area contributed by atoms with Crippen LogP contribution in [0.25, 0.3) is 0 Å². The molecule has 2 atom stereocenters. The number of methoxy groups -OCH3 is 1. The van der Waals surface area contributed by atoms with Gasteiger partial charge in [0, 0.05) is 24.0 Å². The van der Waals surface area contributed by atoms with E-state index >= 15 is 0 Å². The fraction of sp³-hybridized carbons (Fsp3) is 0.643. The van der Waals surface area contributed by atoms with Gasteiger partial charge in [-0.25, -0.2) is 4.79 Å². The van der Waals surface area contributed by atoms with Crippen molar-refractivity contribution < 1.29 is 14.6 Å². The summed E-state index contributed by atoms with van der Waals surface area (Å²) in [5.41, 5.74) is 1.08. The maximum absolute atomic E-state index is 11.4. The van der Waals surface area contributed by atoms with Gasteiger partial charge in [0.2, 0.25) is 0 Å². The van der Waals surface area contributed by atoms with Gasteiger partial charge >= 0.3 is 5.97 Å². The third kappa shape index (κ3) is 2.29. The fourth-order valence-electron chi connectivity index (χ4n) is 3.19. The van der Waals surface area contributed by atoms with Crippen LogP contribution in [0.5, 0.6) is 0 Å². The molecule has 2 aliphatic carbocycles. The van der Waals surface area contributed by atoms with Crippen molar-refractivity contribution in [3.63, 3.8) is 0 Å². The molecule has 0 unspecified atom stereocenters. The summed E-state index contributed by atoms with van der Waals surface area (Å²) in [6, 6.07) is 0. The molecule has 94 valence electrons. The average Bonchev–Trinajstić information content (AvgIpc) is 2.39. The van der Waals surface area contributed by atoms with Crippen LogP contribution >= 0.6 is 0 Å². The number of ether oxygens (including phenoxy) is 1. The van der Waals surface area contributed by atoms with Gasteiger partial charge in [-0.15, -0.1) is 0 Å². The fourth-order valence-corrected chi connectivity index (χ4v) is 3.19. The lowest BCUT2D eigenvalue weighted by Crippen LogP contribution is -2.39. The number of rotatable bonds is 2. The molecule has 0 aromatic rings. The first-order chi connectivity index (χ1) is 8.22. The third-order valence-electron chi connectivity index (χ3n) is 4.16. The highest BCUT2D eigenvalue weighted by atomic mass is 16.5. The summed E-state index contributed by atoms with van der Waals surface area (Å²) >= 11 is 0. The molecule has 0 spiro atoms. The topological polar surface area (TPSA) is 46.5 Å². The molecular formula is C14H20O3. The Hall–Kier alpha value is -1.09. The number of carbonyl (C=O) groups excluding carboxylic acids is 1. The minimum Gasteiger partial charge on any atom is -0.466 e. The van der Waals surface area contributed by atoms with Crippen LogP contribution < -0.4 is 0 Å². The van der Waals surface area contributed by atoms with Crippen LogP contribution in [-0.2, 0) is 9.53 Å². The summed E-state index contributed by atoms with van der Waals surface area (Å²) < 4.78 is 4.70. The second-order valence-electron chi connectivity index (χ2n) is 5.06. The molecule has 17 heavy (non-hydrogen) atoms. The Bertz CT molecular complexity index is 356. The number of esters is 1. The number of aliphatic hydroxyl groups excluding tert-OH is 1. The molecule has 0 aromatic carbocycles. The Balaban J connectivity index is 2.29. The quantitative estimate of drug-likeness (QED) is 0.454. The van der Waals surface area contributed by atoms with E-state index in [0.717, 1.165) is 37.7 Å². The van der Waals surface area contributed by atoms with Crippen molar-refractivity contribution in [2.24, 2.45) is 11.3 Å². The molecule has 0 radical (unpaired) electrons. The summed E-state index contributed by atoms with van der Waals surface area (Å²) in [6.07, 6.45) is 11.0. The Labute approximate surface area is 102 Å². The molecule has 0 aromatic heterocycles. The second kappa shape index (κ2) is 5.05. The van der Waals surface area contributed by atoms with Crippen LogP contribution in [0.15, 0.2) is 23.8 Å². The number of aliphatic hydroxyl groups is 1. The van der Waals surface area contributed by atoms with Crippen molar-refractivity contribution in [3.8, 4) is 0 Å². The van der Waals surface area contributed by atoms with Crippen LogP contribution in [0.1, 0.15) is 32.1 Å². The number of fused-ring (bicyclic) bond motifs is 1. The summed E-state index contributed by atoms with van der Waals surface area (Å²) in [6.45, 7) is 0.209. The molecule has 0 bridgehead atoms. The van der Waals surface area contributed by atoms with Crippen molar-refractivity contribution in [1.82, 2.24) is 0 Å². The summed E-state index contributed by atoms with van der Waals surface area (Å²) in [5, 5.41) is 9.71. The zero-order valence-electron chi connectivity index (χ0n) is 10.3. The molecule has 2 rings (SSSR count). The number of carbonyl (C=O) groups is 1. The van der Waals surface area contributed by atoms with Gasteiger partial charge in [0.15, 0.2) is 0 Å². The van der Waals surface area contributed by atoms with Crippen molar-refractivity contribution in [2.45, 2.75) is 32.1 Å². The molecule has 3 heteroatoms. The number of hydrogen-bond acceptors (Lipinski definition) is 3. The maximum atomic E-state index is 11.4. The molecule has 0 saturated heterocycles. The Kier molecular flexibility index (Phi) is 3.67. The van der Waals surface area contributed by atoms with Crippen molar-refractivity contribution in [3.05, 3.63) is 23.8 Å². The van der Waals surface area contributed by atoms with E-state index in [-0.39, 0.29) is 23.9 Å². The summed E-state index contributed by atoms with van der Waals surface area (Å²) in [5.74, 6) is -0.0678. The Morgan fingerprint density at radius 3 is 3.18 bits per heavy atom. The molecule has 0 heterocycles. The van der Waals surface area contributed by atoms with Crippen molar-refractivity contribution >= 4 is 5.97 Å². The molecule has 1 fully saturated rings. The molecular weight excluding hydrogens is 216 g/mol. The minimum absolute atomic E-state index is 0.0349. The predicted octanol–water partition coefficient (Wildman–Crippen LogP) is 2.21. The smallest absolute Gasteiger partial charge is 0.330 e. The van der Waals surface area contributed by atoms with Crippen LogP contribution in [0, 0.1) is 11.3 Å². The van der Waals surface area contributed by atoms with Crippen LogP contribution in [0.3, 0.4) is 0 Å². The lowest BCUT2D eigenvalue weighted by Gasteiger charge is -2.45. The van der Waals surface area contributed by atoms with E-state index in [0.29, 0.717) is 0 Å². The van der Waals surface area contributed by atoms with E-state index in [1.54, 1.807) is 6.08 Å². The van der Waals surface area contributed by atoms with Gasteiger partial charge in [-0.1, -0.05) is 17.7 Å². The molecule has 0 aliphatic heterocycles. The number of allylic oxidation sites excluding steroid dienone is 3. The van der Waals surface area contributed by atoms with Gasteiger partial charge in [0.25, 0.3) is 0 Å². The zero-order chi connectivity index (χ0) is 12.3. The van der Waals surface area contributed by atoms with E-state index in [2.05, 4.69) is 12.2 Å². The third-order valence-corrected chi connectivity index (χ3v) is 4.16. The highest BCUT2D eigenvalue weighted by molar-refractivity contribution is 5.82. The summed E-state index contributed by atoms with van der Waals surface area (Å²) in [7, 11) is 1.40. The van der Waals surface area contributed by atoms with E-state index in [9.17, 15) is 9.90 Å². The van der Waals surface area contributed by atoms with Gasteiger partial charge in [-0.3, -0.25) is 0 Å². The van der Waals surface area contributed by atoms with E-state index < -0.39 is 0 Å². The van der Waals surface area contributed by atoms with Gasteiger partial charge in [0.1, 0.15) is 0 Å². The van der Waals surface area contributed by atoms with E-state index in [1.807, 2.05) is 0 Å².